The molecule has 0 aromatic heterocycles. The molecule has 1 aromatic rings. The molecule has 1 saturated heterocycles. The van der Waals surface area contributed by atoms with Crippen LogP contribution in [-0.4, -0.2) is 49.2 Å². The summed E-state index contributed by atoms with van der Waals surface area (Å²) in [4.78, 5) is 17.9. The van der Waals surface area contributed by atoms with Crippen molar-refractivity contribution in [3.05, 3.63) is 29.8 Å². The number of benzene rings is 1. The summed E-state index contributed by atoms with van der Waals surface area (Å²) in [6.07, 6.45) is -2.11. The molecule has 0 aliphatic carbocycles. The second-order valence-corrected chi connectivity index (χ2v) is 6.85. The summed E-state index contributed by atoms with van der Waals surface area (Å²) >= 11 is 0. The fourth-order valence-electron chi connectivity index (χ4n) is 3.20. The zero-order valence-corrected chi connectivity index (χ0v) is 18.7. The van der Waals surface area contributed by atoms with Gasteiger partial charge in [-0.15, -0.1) is 24.0 Å². The SMILES string of the molecule is CCNC(=NCc1cccc(OCC(F)(F)F)c1)N1CCCC(CC(N)=O)C1.I. The van der Waals surface area contributed by atoms with Crippen LogP contribution in [0.15, 0.2) is 29.3 Å². The Labute approximate surface area is 186 Å². The van der Waals surface area contributed by atoms with Crippen LogP contribution in [0.25, 0.3) is 0 Å². The van der Waals surface area contributed by atoms with Crippen molar-refractivity contribution in [2.75, 3.05) is 26.2 Å². The quantitative estimate of drug-likeness (QED) is 0.324. The van der Waals surface area contributed by atoms with E-state index in [1.165, 1.54) is 6.07 Å². The highest BCUT2D eigenvalue weighted by Crippen LogP contribution is 2.21. The molecule has 0 radical (unpaired) electrons. The highest BCUT2D eigenvalue weighted by molar-refractivity contribution is 14.0. The van der Waals surface area contributed by atoms with E-state index in [1.807, 2.05) is 6.92 Å². The molecule has 1 aliphatic heterocycles. The number of likely N-dealkylation sites (tertiary alicyclic amines) is 1. The van der Waals surface area contributed by atoms with Gasteiger partial charge in [-0.05, 0) is 43.4 Å². The molecule has 1 heterocycles. The normalized spacial score (nSPS) is 17.4. The maximum Gasteiger partial charge on any atom is 0.422 e. The summed E-state index contributed by atoms with van der Waals surface area (Å²) in [5.74, 6) is 0.784. The third-order valence-corrected chi connectivity index (χ3v) is 4.36. The van der Waals surface area contributed by atoms with E-state index in [-0.39, 0.29) is 41.6 Å². The zero-order chi connectivity index (χ0) is 20.6. The highest BCUT2D eigenvalue weighted by atomic mass is 127. The Bertz CT molecular complexity index is 686. The third-order valence-electron chi connectivity index (χ3n) is 4.36. The Kier molecular flexibility index (Phi) is 10.5. The first kappa shape index (κ1) is 25.3. The Morgan fingerprint density at radius 2 is 2.17 bits per heavy atom. The van der Waals surface area contributed by atoms with Crippen LogP contribution in [0.5, 0.6) is 5.75 Å². The van der Waals surface area contributed by atoms with E-state index in [2.05, 4.69) is 15.2 Å². The summed E-state index contributed by atoms with van der Waals surface area (Å²) in [5, 5.41) is 3.24. The van der Waals surface area contributed by atoms with Crippen LogP contribution >= 0.6 is 24.0 Å². The number of primary amides is 1. The molecule has 1 unspecified atom stereocenters. The number of guanidine groups is 1. The van der Waals surface area contributed by atoms with Crippen LogP contribution in [0.4, 0.5) is 13.2 Å². The van der Waals surface area contributed by atoms with Crippen molar-refractivity contribution in [1.82, 2.24) is 10.2 Å². The van der Waals surface area contributed by atoms with Crippen molar-refractivity contribution in [1.29, 1.82) is 0 Å². The second kappa shape index (κ2) is 12.1. The summed E-state index contributed by atoms with van der Waals surface area (Å²) in [6, 6.07) is 6.49. The largest absolute Gasteiger partial charge is 0.484 e. The summed E-state index contributed by atoms with van der Waals surface area (Å²) in [5.41, 5.74) is 6.07. The molecule has 6 nitrogen and oxygen atoms in total. The maximum absolute atomic E-state index is 12.3. The first-order chi connectivity index (χ1) is 13.3. The van der Waals surface area contributed by atoms with Crippen molar-refractivity contribution in [2.24, 2.45) is 16.6 Å². The molecule has 1 aromatic carbocycles. The number of piperidine rings is 1. The monoisotopic (exact) mass is 528 g/mol. The number of nitrogens with zero attached hydrogens (tertiary/aromatic N) is 2. The smallest absolute Gasteiger partial charge is 0.422 e. The van der Waals surface area contributed by atoms with Gasteiger partial charge < -0.3 is 20.7 Å². The topological polar surface area (TPSA) is 80.0 Å². The first-order valence-electron chi connectivity index (χ1n) is 9.37. The molecule has 2 rings (SSSR count). The zero-order valence-electron chi connectivity index (χ0n) is 16.4. The molecule has 10 heteroatoms. The number of alkyl halides is 3. The Morgan fingerprint density at radius 3 is 2.83 bits per heavy atom. The van der Waals surface area contributed by atoms with Crippen molar-refractivity contribution in [3.8, 4) is 5.75 Å². The van der Waals surface area contributed by atoms with Crippen LogP contribution in [-0.2, 0) is 11.3 Å². The number of nitrogens with one attached hydrogen (secondary N) is 1. The fraction of sp³-hybridized carbons (Fsp3) is 0.579. The van der Waals surface area contributed by atoms with Crippen molar-refractivity contribution in [2.45, 2.75) is 38.9 Å². The molecule has 3 N–H and O–H groups in total. The average molecular weight is 528 g/mol. The standard InChI is InChI=1S/C19H27F3N4O2.HI/c1-2-24-18(26-8-4-6-15(12-26)10-17(23)27)25-11-14-5-3-7-16(9-14)28-13-19(20,21)22;/h3,5,7,9,15H,2,4,6,8,10-13H2,1H3,(H2,23,27)(H,24,25);1H. The van der Waals surface area contributed by atoms with Crippen LogP contribution in [0, 0.1) is 5.92 Å². The van der Waals surface area contributed by atoms with E-state index >= 15 is 0 Å². The summed E-state index contributed by atoms with van der Waals surface area (Å²) in [6.45, 7) is 3.16. The minimum absolute atomic E-state index is 0. The Balaban J connectivity index is 0.00000420. The number of hydrogen-bond acceptors (Lipinski definition) is 3. The van der Waals surface area contributed by atoms with E-state index in [0.29, 0.717) is 26.1 Å². The number of aliphatic imine (C=N–C) groups is 1. The molecular weight excluding hydrogens is 500 g/mol. The highest BCUT2D eigenvalue weighted by Gasteiger charge is 2.28. The maximum atomic E-state index is 12.3. The number of carbonyl (C=O) groups excluding carboxylic acids is 1. The van der Waals surface area contributed by atoms with Crippen molar-refractivity contribution < 1.29 is 22.7 Å². The number of carbonyl (C=O) groups is 1. The van der Waals surface area contributed by atoms with E-state index in [0.717, 1.165) is 30.9 Å². The molecule has 29 heavy (non-hydrogen) atoms. The van der Waals surface area contributed by atoms with E-state index in [4.69, 9.17) is 10.5 Å². The summed E-state index contributed by atoms with van der Waals surface area (Å²) in [7, 11) is 0. The van der Waals surface area contributed by atoms with Crippen molar-refractivity contribution in [3.63, 3.8) is 0 Å². The number of hydrogen-bond donors (Lipinski definition) is 2. The van der Waals surface area contributed by atoms with Crippen LogP contribution < -0.4 is 15.8 Å². The molecule has 1 amide bonds. The predicted octanol–water partition coefficient (Wildman–Crippen LogP) is 3.30. The van der Waals surface area contributed by atoms with Crippen LogP contribution in [0.2, 0.25) is 0 Å². The molecule has 0 spiro atoms. The van der Waals surface area contributed by atoms with Gasteiger partial charge in [0.25, 0.3) is 0 Å². The number of amides is 1. The average Bonchev–Trinajstić information content (AvgIpc) is 2.63. The van der Waals surface area contributed by atoms with Crippen LogP contribution in [0.1, 0.15) is 31.7 Å². The van der Waals surface area contributed by atoms with Gasteiger partial charge in [-0.25, -0.2) is 4.99 Å². The molecule has 1 fully saturated rings. The van der Waals surface area contributed by atoms with Gasteiger partial charge >= 0.3 is 6.18 Å². The number of nitrogens with two attached hydrogens (primary N) is 1. The van der Waals surface area contributed by atoms with Crippen LogP contribution in [0.3, 0.4) is 0 Å². The molecule has 1 aliphatic rings. The van der Waals surface area contributed by atoms with Gasteiger partial charge in [0.1, 0.15) is 5.75 Å². The minimum atomic E-state index is -4.37. The Hall–Kier alpha value is -1.72. The lowest BCUT2D eigenvalue weighted by Crippen LogP contribution is -2.47. The van der Waals surface area contributed by atoms with Gasteiger partial charge in [-0.2, -0.15) is 13.2 Å². The van der Waals surface area contributed by atoms with Crippen molar-refractivity contribution >= 4 is 35.8 Å². The predicted molar refractivity (Wildman–Crippen MR) is 116 cm³/mol. The minimum Gasteiger partial charge on any atom is -0.484 e. The number of halogens is 4. The lowest BCUT2D eigenvalue weighted by molar-refractivity contribution is -0.153. The lowest BCUT2D eigenvalue weighted by Gasteiger charge is -2.34. The molecule has 0 bridgehead atoms. The van der Waals surface area contributed by atoms with Gasteiger partial charge in [-0.3, -0.25) is 4.79 Å². The molecule has 1 atom stereocenters. The van der Waals surface area contributed by atoms with Gasteiger partial charge in [-0.1, -0.05) is 12.1 Å². The van der Waals surface area contributed by atoms with E-state index in [9.17, 15) is 18.0 Å². The fourth-order valence-corrected chi connectivity index (χ4v) is 3.20. The molecular formula is C19H28F3IN4O2. The first-order valence-corrected chi connectivity index (χ1v) is 9.37. The Morgan fingerprint density at radius 1 is 1.41 bits per heavy atom. The van der Waals surface area contributed by atoms with Gasteiger partial charge in [0.2, 0.25) is 5.91 Å². The summed E-state index contributed by atoms with van der Waals surface area (Å²) < 4.78 is 41.7. The van der Waals surface area contributed by atoms with Gasteiger partial charge in [0, 0.05) is 26.1 Å². The van der Waals surface area contributed by atoms with Gasteiger partial charge in [0.05, 0.1) is 6.54 Å². The second-order valence-electron chi connectivity index (χ2n) is 6.85. The number of rotatable bonds is 7. The van der Waals surface area contributed by atoms with E-state index < -0.39 is 12.8 Å². The lowest BCUT2D eigenvalue weighted by atomic mass is 9.95. The molecule has 164 valence electrons. The third kappa shape index (κ3) is 9.55. The molecule has 0 saturated carbocycles. The number of ether oxygens (including phenoxy) is 1. The van der Waals surface area contributed by atoms with Gasteiger partial charge in [0.15, 0.2) is 12.6 Å². The van der Waals surface area contributed by atoms with E-state index in [1.54, 1.807) is 18.2 Å².